The van der Waals surface area contributed by atoms with Crippen LogP contribution in [-0.2, 0) is 24.0 Å². The van der Waals surface area contributed by atoms with Crippen LogP contribution in [0, 0.1) is 7.14 Å². The van der Waals surface area contributed by atoms with Crippen LogP contribution in [0.2, 0.25) is 0 Å². The summed E-state index contributed by atoms with van der Waals surface area (Å²) in [7, 11) is 0. The molecule has 0 saturated heterocycles. The van der Waals surface area contributed by atoms with Gasteiger partial charge < -0.3 is 9.84 Å². The summed E-state index contributed by atoms with van der Waals surface area (Å²) >= 11 is 4.53. The molecule has 1 atom stereocenters. The van der Waals surface area contributed by atoms with Crippen molar-refractivity contribution in [1.29, 1.82) is 0 Å². The van der Waals surface area contributed by atoms with E-state index in [2.05, 4.69) is 262 Å². The fourth-order valence-electron chi connectivity index (χ4n) is 9.24. The number of hydrogen-bond donors (Lipinski definition) is 1. The zero-order valence-electron chi connectivity index (χ0n) is 32.5. The first-order chi connectivity index (χ1) is 29.0. The van der Waals surface area contributed by atoms with Crippen molar-refractivity contribution in [3.8, 4) is 11.5 Å². The van der Waals surface area contributed by atoms with Gasteiger partial charge in [0.1, 0.15) is 11.5 Å². The van der Waals surface area contributed by atoms with Gasteiger partial charge in [0.05, 0.1) is 12.7 Å². The van der Waals surface area contributed by atoms with Gasteiger partial charge in [0, 0.05) is 29.3 Å². The van der Waals surface area contributed by atoms with Crippen molar-refractivity contribution in [1.82, 2.24) is 4.90 Å². The van der Waals surface area contributed by atoms with E-state index in [0.29, 0.717) is 5.75 Å². The Balaban J connectivity index is 1.24. The molecule has 1 aliphatic rings. The van der Waals surface area contributed by atoms with E-state index in [-0.39, 0.29) is 6.04 Å². The Kier molecular flexibility index (Phi) is 11.4. The van der Waals surface area contributed by atoms with Crippen molar-refractivity contribution in [2.24, 2.45) is 0 Å². The van der Waals surface area contributed by atoms with E-state index in [9.17, 15) is 5.11 Å². The fraction of sp³-hybridized carbons (Fsp3) is 0.111. The van der Waals surface area contributed by atoms with Gasteiger partial charge in [-0.2, -0.15) is 0 Å². The highest BCUT2D eigenvalue weighted by molar-refractivity contribution is 14.1. The van der Waals surface area contributed by atoms with Gasteiger partial charge in [-0.1, -0.05) is 188 Å². The molecule has 8 aromatic rings. The summed E-state index contributed by atoms with van der Waals surface area (Å²) < 4.78 is 9.20. The predicted octanol–water partition coefficient (Wildman–Crippen LogP) is 13.1. The summed E-state index contributed by atoms with van der Waals surface area (Å²) in [6.07, 6.45) is 1.58. The first kappa shape index (κ1) is 39.3. The number of benzene rings is 8. The third-order valence-corrected chi connectivity index (χ3v) is 13.4. The number of ether oxygens (including phenoxy) is 1. The van der Waals surface area contributed by atoms with Crippen molar-refractivity contribution in [3.63, 3.8) is 0 Å². The van der Waals surface area contributed by atoms with E-state index in [0.717, 1.165) is 49.0 Å². The number of nitrogens with zero attached hydrogens (tertiary/aromatic N) is 1. The number of phenolic OH excluding ortho intramolecular Hbond substituents is 1. The van der Waals surface area contributed by atoms with Crippen molar-refractivity contribution in [3.05, 3.63) is 270 Å². The second kappa shape index (κ2) is 17.2. The maximum absolute atomic E-state index is 10.9. The molecule has 1 aliphatic heterocycles. The molecule has 3 nitrogen and oxygen atoms in total. The van der Waals surface area contributed by atoms with Crippen LogP contribution in [-0.4, -0.2) is 16.6 Å². The first-order valence-electron chi connectivity index (χ1n) is 20.1. The van der Waals surface area contributed by atoms with Gasteiger partial charge in [0.15, 0.2) is 5.60 Å². The quantitative estimate of drug-likeness (QED) is 0.104. The molecule has 8 aromatic carbocycles. The Hall–Kier alpha value is -5.22. The Morgan fingerprint density at radius 3 is 1.31 bits per heavy atom. The van der Waals surface area contributed by atoms with Gasteiger partial charge in [-0.3, -0.25) is 4.90 Å². The Labute approximate surface area is 374 Å². The molecule has 0 spiro atoms. The molecule has 5 heteroatoms. The van der Waals surface area contributed by atoms with Gasteiger partial charge >= 0.3 is 0 Å². The minimum Gasteiger partial charge on any atom is -0.506 e. The van der Waals surface area contributed by atoms with Crippen LogP contribution in [0.25, 0.3) is 0 Å². The highest BCUT2D eigenvalue weighted by Crippen LogP contribution is 2.50. The second-order valence-electron chi connectivity index (χ2n) is 15.1. The molecule has 290 valence electrons. The highest BCUT2D eigenvalue weighted by Gasteiger charge is 2.47. The topological polar surface area (TPSA) is 32.7 Å². The van der Waals surface area contributed by atoms with Gasteiger partial charge in [-0.15, -0.1) is 0 Å². The Bertz CT molecular complexity index is 2430. The zero-order valence-corrected chi connectivity index (χ0v) is 36.8. The molecular formula is C54H43I2NO2. The van der Waals surface area contributed by atoms with Crippen LogP contribution in [0.5, 0.6) is 11.5 Å². The van der Waals surface area contributed by atoms with Crippen LogP contribution < -0.4 is 4.74 Å². The molecule has 9 rings (SSSR count). The van der Waals surface area contributed by atoms with Crippen molar-refractivity contribution in [2.75, 3.05) is 6.54 Å². The molecule has 0 radical (unpaired) electrons. The largest absolute Gasteiger partial charge is 0.506 e. The van der Waals surface area contributed by atoms with Crippen molar-refractivity contribution in [2.45, 2.75) is 30.0 Å². The lowest BCUT2D eigenvalue weighted by Gasteiger charge is -2.52. The summed E-state index contributed by atoms with van der Waals surface area (Å²) in [5.41, 5.74) is 9.09. The standard InChI is InChI=1S/C54H43I2NO2/c55-49-35-39(36-50(56)52(49)58)37-51-48-32-31-47(59-54(44-25-13-4-14-26-44,45-27-15-5-16-28-45)46-29-17-6-18-30-46)38-40(48)33-34-57(51)53(41-19-7-1-8-20-41,42-21-9-2-10-22-42)43-23-11-3-12-24-43/h1-32,35-36,38,51,58H,33-34,37H2/t51-/m0/s1. The van der Waals surface area contributed by atoms with Crippen LogP contribution in [0.15, 0.2) is 212 Å². The van der Waals surface area contributed by atoms with Crippen LogP contribution in [0.1, 0.15) is 56.1 Å². The number of fused-ring (bicyclic) bond motifs is 1. The van der Waals surface area contributed by atoms with E-state index >= 15 is 0 Å². The minimum absolute atomic E-state index is 0.0355. The summed E-state index contributed by atoms with van der Waals surface area (Å²) in [6.45, 7) is 0.799. The molecule has 1 N–H and O–H groups in total. The molecule has 0 fully saturated rings. The molecule has 0 bridgehead atoms. The van der Waals surface area contributed by atoms with E-state index in [1.54, 1.807) is 0 Å². The third-order valence-electron chi connectivity index (χ3n) is 11.8. The number of aromatic hydroxyl groups is 1. The molecular weight excluding hydrogens is 948 g/mol. The van der Waals surface area contributed by atoms with Gasteiger partial charge in [0.2, 0.25) is 0 Å². The molecule has 0 amide bonds. The SMILES string of the molecule is Oc1c(I)cc(C[C@H]2c3ccc(OC(c4ccccc4)(c4ccccc4)c4ccccc4)cc3CCN2C(c2ccccc2)(c2ccccc2)c2ccccc2)cc1I. The number of halogens is 2. The summed E-state index contributed by atoms with van der Waals surface area (Å²) in [5.74, 6) is 1.16. The highest BCUT2D eigenvalue weighted by atomic mass is 127. The van der Waals surface area contributed by atoms with E-state index in [1.165, 1.54) is 33.4 Å². The lowest BCUT2D eigenvalue weighted by Crippen LogP contribution is -2.53. The minimum atomic E-state index is -0.888. The normalized spacial score (nSPS) is 14.4. The molecule has 0 aromatic heterocycles. The fourth-order valence-corrected chi connectivity index (χ4v) is 11.1. The van der Waals surface area contributed by atoms with E-state index in [4.69, 9.17) is 4.74 Å². The second-order valence-corrected chi connectivity index (χ2v) is 17.4. The third kappa shape index (κ3) is 7.38. The number of rotatable bonds is 11. The van der Waals surface area contributed by atoms with Gasteiger partial charge in [0.25, 0.3) is 0 Å². The molecule has 1 heterocycles. The molecule has 0 saturated carbocycles. The summed E-state index contributed by atoms with van der Waals surface area (Å²) in [6, 6.07) is 75.8. The maximum Gasteiger partial charge on any atom is 0.184 e. The van der Waals surface area contributed by atoms with Crippen LogP contribution >= 0.6 is 45.2 Å². The van der Waals surface area contributed by atoms with Gasteiger partial charge in [-0.25, -0.2) is 0 Å². The molecule has 0 unspecified atom stereocenters. The van der Waals surface area contributed by atoms with Crippen LogP contribution in [0.4, 0.5) is 0 Å². The average Bonchev–Trinajstić information content (AvgIpc) is 3.30. The van der Waals surface area contributed by atoms with E-state index < -0.39 is 11.1 Å². The molecule has 0 aliphatic carbocycles. The van der Waals surface area contributed by atoms with Crippen molar-refractivity contribution < 1.29 is 9.84 Å². The Morgan fingerprint density at radius 2 is 0.898 bits per heavy atom. The molecule has 59 heavy (non-hydrogen) atoms. The lowest BCUT2D eigenvalue weighted by molar-refractivity contribution is 0.0873. The summed E-state index contributed by atoms with van der Waals surface area (Å²) in [4.78, 5) is 2.74. The lowest BCUT2D eigenvalue weighted by atomic mass is 9.72. The Morgan fingerprint density at radius 1 is 0.508 bits per heavy atom. The maximum atomic E-state index is 10.9. The van der Waals surface area contributed by atoms with Crippen molar-refractivity contribution >= 4 is 45.2 Å². The summed E-state index contributed by atoms with van der Waals surface area (Å²) in [5, 5.41) is 10.9. The van der Waals surface area contributed by atoms with Gasteiger partial charge in [-0.05, 0) is 116 Å². The van der Waals surface area contributed by atoms with Crippen LogP contribution in [0.3, 0.4) is 0 Å². The smallest absolute Gasteiger partial charge is 0.184 e. The number of hydrogen-bond acceptors (Lipinski definition) is 3. The zero-order chi connectivity index (χ0) is 40.2. The van der Waals surface area contributed by atoms with E-state index in [1.807, 2.05) is 0 Å². The number of phenols is 1. The monoisotopic (exact) mass is 991 g/mol. The predicted molar refractivity (Wildman–Crippen MR) is 256 cm³/mol. The average molecular weight is 992 g/mol. The first-order valence-corrected chi connectivity index (χ1v) is 22.2.